The van der Waals surface area contributed by atoms with Crippen molar-refractivity contribution in [2.45, 2.75) is 0 Å². The van der Waals surface area contributed by atoms with E-state index in [4.69, 9.17) is 22.2 Å². The lowest BCUT2D eigenvalue weighted by Crippen LogP contribution is -2.00. The Hall–Kier alpha value is -5.87. The van der Waals surface area contributed by atoms with E-state index in [9.17, 15) is 5.48 Å². The molecular weight excluding hydrogens is 526 g/mol. The van der Waals surface area contributed by atoms with Gasteiger partial charge in [0.05, 0.1) is 23.3 Å². The highest BCUT2D eigenvalue weighted by molar-refractivity contribution is 6.12. The largest absolute Gasteiger partial charge is 0.456 e. The van der Waals surface area contributed by atoms with Crippen LogP contribution in [-0.4, -0.2) is 15.0 Å². The zero-order valence-corrected chi connectivity index (χ0v) is 21.9. The van der Waals surface area contributed by atoms with Crippen molar-refractivity contribution < 1.29 is 27.7 Å². The second-order valence-corrected chi connectivity index (χ2v) is 9.17. The lowest BCUT2D eigenvalue weighted by Gasteiger charge is -2.10. The van der Waals surface area contributed by atoms with Crippen molar-refractivity contribution in [2.24, 2.45) is 0 Å². The van der Waals surface area contributed by atoms with Gasteiger partial charge in [-0.05, 0) is 34.4 Å². The highest BCUT2D eigenvalue weighted by atomic mass is 16.3. The molecule has 2 aromatic heterocycles. The first-order valence-electron chi connectivity index (χ1n) is 21.4. The van der Waals surface area contributed by atoms with Gasteiger partial charge in [0.1, 0.15) is 11.2 Å². The molecule has 0 saturated heterocycles. The van der Waals surface area contributed by atoms with Crippen LogP contribution in [0.25, 0.3) is 78.4 Å². The molecule has 0 atom stereocenters. The third kappa shape index (κ3) is 4.65. The number of hydrogen-bond acceptors (Lipinski definition) is 4. The number of fused-ring (bicyclic) bond motifs is 3. The normalized spacial score (nSPS) is 16.8. The van der Waals surface area contributed by atoms with Gasteiger partial charge in [-0.1, -0.05) is 139 Å². The Morgan fingerprint density at radius 2 is 1.00 bits per heavy atom. The van der Waals surface area contributed by atoms with E-state index in [1.165, 1.54) is 48.5 Å². The molecular formula is C39H25N3O. The van der Waals surface area contributed by atoms with E-state index in [2.05, 4.69) is 15.0 Å². The molecule has 0 unspecified atom stereocenters. The van der Waals surface area contributed by atoms with Crippen LogP contribution >= 0.6 is 0 Å². The minimum atomic E-state index is -0.701. The van der Waals surface area contributed by atoms with Crippen molar-refractivity contribution in [3.05, 3.63) is 151 Å². The maximum atomic E-state index is 9.20. The Bertz CT molecular complexity index is 3100. The summed E-state index contributed by atoms with van der Waals surface area (Å²) in [6, 6.07) is 2.38. The molecule has 0 amide bonds. The van der Waals surface area contributed by atoms with Gasteiger partial charge in [-0.2, -0.15) is 0 Å². The molecule has 43 heavy (non-hydrogen) atoms. The number of hydrogen-bond donors (Lipinski definition) is 0. The second kappa shape index (κ2) is 10.5. The molecule has 0 aliphatic heterocycles. The maximum absolute atomic E-state index is 9.20. The molecule has 0 N–H and O–H groups in total. The van der Waals surface area contributed by atoms with E-state index < -0.39 is 107 Å². The van der Waals surface area contributed by atoms with Gasteiger partial charge in [0.25, 0.3) is 0 Å². The fourth-order valence-corrected chi connectivity index (χ4v) is 4.60. The highest BCUT2D eigenvalue weighted by Gasteiger charge is 2.15. The second-order valence-electron chi connectivity index (χ2n) is 9.17. The summed E-state index contributed by atoms with van der Waals surface area (Å²) in [6.45, 7) is 0. The summed E-state index contributed by atoms with van der Waals surface area (Å²) in [5, 5.41) is 0.460. The molecule has 0 aliphatic rings. The smallest absolute Gasteiger partial charge is 0.164 e. The van der Waals surface area contributed by atoms with Crippen LogP contribution in [0.2, 0.25) is 0 Å². The Labute approximate surface area is 272 Å². The predicted octanol–water partition coefficient (Wildman–Crippen LogP) is 10.1. The predicted molar refractivity (Wildman–Crippen MR) is 174 cm³/mol. The molecule has 0 radical (unpaired) electrons. The van der Waals surface area contributed by atoms with E-state index in [0.29, 0.717) is 0 Å². The van der Waals surface area contributed by atoms with E-state index in [-0.39, 0.29) is 73.7 Å². The van der Waals surface area contributed by atoms with Crippen molar-refractivity contribution in [1.29, 1.82) is 0 Å². The third-order valence-electron chi connectivity index (χ3n) is 6.59. The van der Waals surface area contributed by atoms with Crippen LogP contribution in [0.1, 0.15) is 23.3 Å². The van der Waals surface area contributed by atoms with Gasteiger partial charge in [0, 0.05) is 27.5 Å². The van der Waals surface area contributed by atoms with Crippen molar-refractivity contribution in [3.63, 3.8) is 0 Å². The van der Waals surface area contributed by atoms with E-state index in [0.717, 1.165) is 0 Å². The van der Waals surface area contributed by atoms with Gasteiger partial charge in [0.2, 0.25) is 0 Å². The SMILES string of the molecule is [2H]c1cc([2H])c2oc3ccc([2H])c(-c4c([2H])c([2H])c(-c5nc(-c6ccc(-c7c([2H])c([2H])c([2H])c([2H])c7[2H])cc6)nc(-c6c([2H])c([2H])c([2H])c([2H])c6[2H])n5)c([2H])c4[2H])c3c2c1. The van der Waals surface area contributed by atoms with Gasteiger partial charge < -0.3 is 4.42 Å². The number of nitrogens with zero attached hydrogens (tertiary/aromatic N) is 3. The molecule has 0 spiro atoms. The monoisotopic (exact) mass is 568 g/mol. The topological polar surface area (TPSA) is 51.8 Å². The number of para-hydroxylation sites is 1. The molecule has 0 aliphatic carbocycles. The molecule has 8 aromatic rings. The van der Waals surface area contributed by atoms with Crippen LogP contribution < -0.4 is 0 Å². The van der Waals surface area contributed by atoms with E-state index >= 15 is 0 Å². The van der Waals surface area contributed by atoms with Crippen LogP contribution in [0, 0.1) is 0 Å². The molecule has 4 nitrogen and oxygen atoms in total. The van der Waals surface area contributed by atoms with Gasteiger partial charge in [-0.25, -0.2) is 15.0 Å². The molecule has 0 saturated carbocycles. The summed E-state index contributed by atoms with van der Waals surface area (Å²) < 4.78 is 151. The average Bonchev–Trinajstić information content (AvgIpc) is 3.60. The summed E-state index contributed by atoms with van der Waals surface area (Å²) >= 11 is 0. The fraction of sp³-hybridized carbons (Fsp3) is 0. The molecule has 2 heterocycles. The first-order valence-corrected chi connectivity index (χ1v) is 12.9. The number of benzene rings is 6. The molecule has 4 heteroatoms. The Kier molecular flexibility index (Phi) is 3.17. The van der Waals surface area contributed by atoms with Gasteiger partial charge >= 0.3 is 0 Å². The summed E-state index contributed by atoms with van der Waals surface area (Å²) in [5.74, 6) is -1.16. The number of rotatable bonds is 5. The van der Waals surface area contributed by atoms with E-state index in [1.54, 1.807) is 0 Å². The van der Waals surface area contributed by atoms with Gasteiger partial charge in [0.15, 0.2) is 17.5 Å². The fourth-order valence-electron chi connectivity index (χ4n) is 4.60. The molecule has 8 rings (SSSR count). The van der Waals surface area contributed by atoms with E-state index in [1.807, 2.05) is 0 Å². The van der Waals surface area contributed by atoms with Gasteiger partial charge in [-0.15, -0.1) is 0 Å². The third-order valence-corrected chi connectivity index (χ3v) is 6.59. The Balaban J connectivity index is 1.38. The van der Waals surface area contributed by atoms with Crippen molar-refractivity contribution in [1.82, 2.24) is 15.0 Å². The number of aromatic nitrogens is 3. The summed E-state index contributed by atoms with van der Waals surface area (Å²) in [6.07, 6.45) is 0. The molecule has 202 valence electrons. The molecule has 0 fully saturated rings. The van der Waals surface area contributed by atoms with Crippen molar-refractivity contribution >= 4 is 21.9 Å². The quantitative estimate of drug-likeness (QED) is 0.207. The Morgan fingerprint density at radius 1 is 0.419 bits per heavy atom. The minimum Gasteiger partial charge on any atom is -0.456 e. The molecule has 0 bridgehead atoms. The highest BCUT2D eigenvalue weighted by Crippen LogP contribution is 2.37. The number of furan rings is 1. The first kappa shape index (κ1) is 13.0. The lowest BCUT2D eigenvalue weighted by atomic mass is 9.98. The zero-order valence-electron chi connectivity index (χ0n) is 38.9. The lowest BCUT2D eigenvalue weighted by molar-refractivity contribution is 0.669. The van der Waals surface area contributed by atoms with Crippen molar-refractivity contribution in [2.75, 3.05) is 0 Å². The van der Waals surface area contributed by atoms with Crippen LogP contribution in [0.3, 0.4) is 0 Å². The molecule has 6 aromatic carbocycles. The van der Waals surface area contributed by atoms with Crippen molar-refractivity contribution in [3.8, 4) is 56.4 Å². The van der Waals surface area contributed by atoms with Crippen LogP contribution in [0.15, 0.2) is 156 Å². The first-order chi connectivity index (χ1) is 28.3. The summed E-state index contributed by atoms with van der Waals surface area (Å²) in [5.41, 5.74) is -0.630. The summed E-state index contributed by atoms with van der Waals surface area (Å²) in [7, 11) is 0. The zero-order chi connectivity index (χ0) is 43.4. The Morgan fingerprint density at radius 3 is 1.70 bits per heavy atom. The van der Waals surface area contributed by atoms with Crippen LogP contribution in [0.4, 0.5) is 0 Å². The minimum absolute atomic E-state index is 0.0318. The average molecular weight is 569 g/mol. The van der Waals surface area contributed by atoms with Crippen LogP contribution in [-0.2, 0) is 0 Å². The van der Waals surface area contributed by atoms with Crippen LogP contribution in [0.5, 0.6) is 0 Å². The van der Waals surface area contributed by atoms with Gasteiger partial charge in [-0.3, -0.25) is 0 Å². The standard InChI is InChI=1S/C39H25N3O/c1-3-10-26(11-4-1)27-18-22-30(23-19-27)38-40-37(29-12-5-2-6-13-29)41-39(42-38)31-24-20-28(21-25-31)32-15-9-17-35-36(32)33-14-7-8-16-34(33)43-35/h1-25H/i1D,2D,3D,4D,5D,6D,7D,10D,11D,12D,13D,15D,16D,20D,21D,24D,25D. The maximum Gasteiger partial charge on any atom is 0.164 e. The summed E-state index contributed by atoms with van der Waals surface area (Å²) in [4.78, 5) is 13.3.